The van der Waals surface area contributed by atoms with Gasteiger partial charge >= 0.3 is 6.03 Å². The maximum absolute atomic E-state index is 13.3. The SMILES string of the molecule is C[C@@H]1CN([C@H](C)CO)C(=O)Cc2cc(NC(=O)Nc3ccc4c(c3)OCO4)ccc2O[C@H]1CN(C)S(C)(=O)=O. The van der Waals surface area contributed by atoms with Gasteiger partial charge in [-0.25, -0.2) is 17.5 Å². The van der Waals surface area contributed by atoms with Crippen LogP contribution < -0.4 is 24.8 Å². The molecule has 3 atom stereocenters. The van der Waals surface area contributed by atoms with Gasteiger partial charge in [0.15, 0.2) is 11.5 Å². The molecule has 2 aromatic carbocycles. The summed E-state index contributed by atoms with van der Waals surface area (Å²) in [5, 5.41) is 15.3. The Balaban J connectivity index is 1.57. The second-order valence-electron chi connectivity index (χ2n) is 9.90. The highest BCUT2D eigenvalue weighted by Gasteiger charge is 2.32. The van der Waals surface area contributed by atoms with Crippen molar-refractivity contribution in [3.63, 3.8) is 0 Å². The number of benzene rings is 2. The minimum absolute atomic E-state index is 0.0275. The molecule has 4 rings (SSSR count). The van der Waals surface area contributed by atoms with E-state index in [1.165, 1.54) is 11.4 Å². The van der Waals surface area contributed by atoms with Gasteiger partial charge in [-0.05, 0) is 37.3 Å². The molecule has 0 unspecified atom stereocenters. The Labute approximate surface area is 227 Å². The Hall–Kier alpha value is -3.55. The van der Waals surface area contributed by atoms with Crippen LogP contribution >= 0.6 is 0 Å². The molecule has 0 saturated carbocycles. The maximum Gasteiger partial charge on any atom is 0.323 e. The molecular formula is C26H34N4O8S. The molecular weight excluding hydrogens is 528 g/mol. The second-order valence-corrected chi connectivity index (χ2v) is 12.0. The highest BCUT2D eigenvalue weighted by molar-refractivity contribution is 7.88. The summed E-state index contributed by atoms with van der Waals surface area (Å²) in [7, 11) is -1.99. The van der Waals surface area contributed by atoms with Crippen LogP contribution in [0.2, 0.25) is 0 Å². The molecule has 2 heterocycles. The molecule has 0 fully saturated rings. The average molecular weight is 563 g/mol. The molecule has 12 nitrogen and oxygen atoms in total. The molecule has 0 aromatic heterocycles. The summed E-state index contributed by atoms with van der Waals surface area (Å²) in [6.45, 7) is 3.89. The number of carbonyl (C=O) groups excluding carboxylic acids is 2. The summed E-state index contributed by atoms with van der Waals surface area (Å²) in [6, 6.07) is 9.07. The largest absolute Gasteiger partial charge is 0.488 e. The van der Waals surface area contributed by atoms with Crippen molar-refractivity contribution in [1.29, 1.82) is 0 Å². The molecule has 2 aromatic rings. The van der Waals surface area contributed by atoms with Crippen molar-refractivity contribution in [2.45, 2.75) is 32.4 Å². The predicted octanol–water partition coefficient (Wildman–Crippen LogP) is 2.10. The third-order valence-corrected chi connectivity index (χ3v) is 8.09. The van der Waals surface area contributed by atoms with Gasteiger partial charge in [-0.1, -0.05) is 6.92 Å². The first kappa shape index (κ1) is 28.5. The molecule has 0 radical (unpaired) electrons. The van der Waals surface area contributed by atoms with Crippen molar-refractivity contribution >= 4 is 33.3 Å². The van der Waals surface area contributed by atoms with Gasteiger partial charge in [0.1, 0.15) is 11.9 Å². The van der Waals surface area contributed by atoms with Gasteiger partial charge in [-0.15, -0.1) is 0 Å². The van der Waals surface area contributed by atoms with Crippen molar-refractivity contribution < 1.29 is 37.3 Å². The van der Waals surface area contributed by atoms with E-state index in [1.54, 1.807) is 48.2 Å². The molecule has 39 heavy (non-hydrogen) atoms. The van der Waals surface area contributed by atoms with E-state index in [-0.39, 0.29) is 44.7 Å². The molecule has 2 aliphatic rings. The van der Waals surface area contributed by atoms with E-state index in [1.807, 2.05) is 6.92 Å². The summed E-state index contributed by atoms with van der Waals surface area (Å²) in [6.07, 6.45) is 0.521. The van der Waals surface area contributed by atoms with Crippen LogP contribution in [-0.2, 0) is 21.2 Å². The fraction of sp³-hybridized carbons (Fsp3) is 0.462. The number of aliphatic hydroxyl groups excluding tert-OH is 1. The predicted molar refractivity (Wildman–Crippen MR) is 145 cm³/mol. The number of fused-ring (bicyclic) bond motifs is 2. The molecule has 0 spiro atoms. The number of amides is 3. The van der Waals surface area contributed by atoms with Gasteiger partial charge < -0.3 is 34.9 Å². The summed E-state index contributed by atoms with van der Waals surface area (Å²) in [5.74, 6) is 1.09. The number of rotatable bonds is 7. The maximum atomic E-state index is 13.3. The molecule has 3 N–H and O–H groups in total. The van der Waals surface area contributed by atoms with E-state index in [2.05, 4.69) is 10.6 Å². The lowest BCUT2D eigenvalue weighted by molar-refractivity contribution is -0.134. The number of likely N-dealkylation sites (N-methyl/N-ethyl adjacent to an activating group) is 1. The number of urea groups is 1. The Morgan fingerprint density at radius 3 is 2.44 bits per heavy atom. The highest BCUT2D eigenvalue weighted by Crippen LogP contribution is 2.34. The van der Waals surface area contributed by atoms with Crippen molar-refractivity contribution in [1.82, 2.24) is 9.21 Å². The van der Waals surface area contributed by atoms with E-state index >= 15 is 0 Å². The van der Waals surface area contributed by atoms with Crippen molar-refractivity contribution in [2.24, 2.45) is 5.92 Å². The normalized spacial score (nSPS) is 19.8. The lowest BCUT2D eigenvalue weighted by Gasteiger charge is -2.33. The third-order valence-electron chi connectivity index (χ3n) is 6.81. The fourth-order valence-electron chi connectivity index (χ4n) is 4.38. The van der Waals surface area contributed by atoms with Crippen molar-refractivity contribution in [2.75, 3.05) is 50.4 Å². The molecule has 0 saturated heterocycles. The second kappa shape index (κ2) is 11.7. The van der Waals surface area contributed by atoms with Crippen LogP contribution in [-0.4, -0.2) is 86.6 Å². The van der Waals surface area contributed by atoms with Crippen LogP contribution in [0.4, 0.5) is 16.2 Å². The van der Waals surface area contributed by atoms with Gasteiger partial charge in [0.05, 0.1) is 31.9 Å². The number of nitrogens with zero attached hydrogens (tertiary/aromatic N) is 2. The van der Waals surface area contributed by atoms with Crippen LogP contribution in [0, 0.1) is 5.92 Å². The number of hydrogen-bond acceptors (Lipinski definition) is 8. The zero-order valence-electron chi connectivity index (χ0n) is 22.3. The van der Waals surface area contributed by atoms with Crippen LogP contribution in [0.1, 0.15) is 19.4 Å². The number of anilines is 2. The molecule has 3 amide bonds. The number of ether oxygens (including phenoxy) is 3. The van der Waals surface area contributed by atoms with E-state index in [0.29, 0.717) is 34.2 Å². The lowest BCUT2D eigenvalue weighted by Crippen LogP contribution is -2.48. The van der Waals surface area contributed by atoms with E-state index < -0.39 is 28.2 Å². The Morgan fingerprint density at radius 1 is 1.13 bits per heavy atom. The number of sulfonamides is 1. The lowest BCUT2D eigenvalue weighted by atomic mass is 10.0. The standard InChI is InChI=1S/C26H34N4O8S/c1-16-12-30(17(2)14-31)25(32)10-18-9-19(5-7-21(18)38-24(16)13-29(3)39(4,34)35)27-26(33)28-20-6-8-22-23(11-20)37-15-36-22/h5-9,11,16-17,24,31H,10,12-15H2,1-4H3,(H2,27,28,33)/t16-,17-,24+/m1/s1. The minimum atomic E-state index is -3.46. The smallest absolute Gasteiger partial charge is 0.323 e. The van der Waals surface area contributed by atoms with Crippen molar-refractivity contribution in [3.05, 3.63) is 42.0 Å². The summed E-state index contributed by atoms with van der Waals surface area (Å²) in [5.41, 5.74) is 1.47. The van der Waals surface area contributed by atoms with E-state index in [4.69, 9.17) is 14.2 Å². The Kier molecular flexibility index (Phi) is 8.52. The quantitative estimate of drug-likeness (QED) is 0.465. The number of carbonyl (C=O) groups is 2. The molecule has 0 aliphatic carbocycles. The molecule has 212 valence electrons. The molecule has 0 bridgehead atoms. The van der Waals surface area contributed by atoms with Crippen LogP contribution in [0.25, 0.3) is 0 Å². The average Bonchev–Trinajstić information content (AvgIpc) is 3.35. The summed E-state index contributed by atoms with van der Waals surface area (Å²) >= 11 is 0. The molecule has 13 heteroatoms. The van der Waals surface area contributed by atoms with Crippen LogP contribution in [0.15, 0.2) is 36.4 Å². The fourth-order valence-corrected chi connectivity index (χ4v) is 4.80. The van der Waals surface area contributed by atoms with Crippen LogP contribution in [0.5, 0.6) is 17.2 Å². The van der Waals surface area contributed by atoms with Gasteiger partial charge in [-0.3, -0.25) is 4.79 Å². The van der Waals surface area contributed by atoms with Crippen molar-refractivity contribution in [3.8, 4) is 17.2 Å². The number of aliphatic hydroxyl groups is 1. The van der Waals surface area contributed by atoms with Gasteiger partial charge in [-0.2, -0.15) is 0 Å². The van der Waals surface area contributed by atoms with E-state index in [0.717, 1.165) is 6.26 Å². The molecule has 2 aliphatic heterocycles. The first-order valence-electron chi connectivity index (χ1n) is 12.5. The third kappa shape index (κ3) is 6.91. The van der Waals surface area contributed by atoms with Crippen LogP contribution in [0.3, 0.4) is 0 Å². The van der Waals surface area contributed by atoms with Gasteiger partial charge in [0, 0.05) is 42.5 Å². The monoisotopic (exact) mass is 562 g/mol. The Morgan fingerprint density at radius 2 is 1.77 bits per heavy atom. The number of hydrogen-bond donors (Lipinski definition) is 3. The zero-order valence-corrected chi connectivity index (χ0v) is 23.2. The topological polar surface area (TPSA) is 147 Å². The van der Waals surface area contributed by atoms with Gasteiger partial charge in [0.25, 0.3) is 0 Å². The minimum Gasteiger partial charge on any atom is -0.488 e. The first-order chi connectivity index (χ1) is 18.4. The zero-order chi connectivity index (χ0) is 28.3. The summed E-state index contributed by atoms with van der Waals surface area (Å²) < 4.78 is 42.3. The number of nitrogens with one attached hydrogen (secondary N) is 2. The Bertz CT molecular complexity index is 1340. The summed E-state index contributed by atoms with van der Waals surface area (Å²) in [4.78, 5) is 27.6. The highest BCUT2D eigenvalue weighted by atomic mass is 32.2. The first-order valence-corrected chi connectivity index (χ1v) is 14.4. The van der Waals surface area contributed by atoms with Gasteiger partial charge in [0.2, 0.25) is 22.7 Å². The van der Waals surface area contributed by atoms with E-state index in [9.17, 15) is 23.1 Å².